The summed E-state index contributed by atoms with van der Waals surface area (Å²) in [5.41, 5.74) is 2.98. The molecule has 1 aliphatic rings. The lowest BCUT2D eigenvalue weighted by molar-refractivity contribution is -0.143. The van der Waals surface area contributed by atoms with Crippen LogP contribution in [0.15, 0.2) is 16.7 Å². The minimum absolute atomic E-state index is 0.0867. The van der Waals surface area contributed by atoms with Crippen LogP contribution >= 0.6 is 15.9 Å². The van der Waals surface area contributed by atoms with E-state index in [1.165, 1.54) is 0 Å². The van der Waals surface area contributed by atoms with Gasteiger partial charge in [-0.1, -0.05) is 0 Å². The first-order chi connectivity index (χ1) is 10.9. The van der Waals surface area contributed by atoms with E-state index in [9.17, 15) is 9.59 Å². The Kier molecular flexibility index (Phi) is 4.14. The van der Waals surface area contributed by atoms with Crippen molar-refractivity contribution in [2.45, 2.75) is 26.7 Å². The first-order valence-electron chi connectivity index (χ1n) is 7.55. The Balaban J connectivity index is 1.93. The Labute approximate surface area is 142 Å². The zero-order chi connectivity index (χ0) is 16.7. The average molecular weight is 380 g/mol. The van der Waals surface area contributed by atoms with Gasteiger partial charge in [0, 0.05) is 19.3 Å². The Morgan fingerprint density at radius 1 is 1.30 bits per heavy atom. The van der Waals surface area contributed by atoms with Gasteiger partial charge in [0.05, 0.1) is 16.1 Å². The molecule has 3 heterocycles. The molecule has 1 saturated heterocycles. The van der Waals surface area contributed by atoms with E-state index in [0.29, 0.717) is 37.3 Å². The summed E-state index contributed by atoms with van der Waals surface area (Å²) in [6, 6.07) is 1.97. The minimum atomic E-state index is -0.775. The number of likely N-dealkylation sites (tertiary alicyclic amines) is 1. The second-order valence-electron chi connectivity index (χ2n) is 6.01. The molecular formula is C16H18BrN3O3. The molecule has 0 unspecified atom stereocenters. The van der Waals surface area contributed by atoms with Crippen molar-refractivity contribution in [2.75, 3.05) is 13.1 Å². The zero-order valence-electron chi connectivity index (χ0n) is 13.0. The number of rotatable bonds is 2. The van der Waals surface area contributed by atoms with Gasteiger partial charge in [0.2, 0.25) is 0 Å². The van der Waals surface area contributed by atoms with Crippen LogP contribution in [0.25, 0.3) is 5.65 Å². The van der Waals surface area contributed by atoms with Gasteiger partial charge in [0.15, 0.2) is 5.65 Å². The minimum Gasteiger partial charge on any atom is -0.481 e. The number of carboxylic acid groups (broad SMARTS) is 1. The van der Waals surface area contributed by atoms with E-state index in [0.717, 1.165) is 15.7 Å². The standard InChI is InChI=1S/C16H18BrN3O3/c1-9-7-12(17)14-18-10(2)13(20(14)8-9)15(21)19-5-3-11(4-6-19)16(22)23/h7-8,11H,3-6H2,1-2H3,(H,22,23). The van der Waals surface area contributed by atoms with Gasteiger partial charge in [-0.3, -0.25) is 14.0 Å². The van der Waals surface area contributed by atoms with Gasteiger partial charge in [0.25, 0.3) is 5.91 Å². The maximum Gasteiger partial charge on any atom is 0.306 e. The highest BCUT2D eigenvalue weighted by molar-refractivity contribution is 9.10. The van der Waals surface area contributed by atoms with Crippen molar-refractivity contribution in [3.8, 4) is 0 Å². The van der Waals surface area contributed by atoms with Crippen molar-refractivity contribution in [1.82, 2.24) is 14.3 Å². The van der Waals surface area contributed by atoms with Crippen molar-refractivity contribution >= 4 is 33.5 Å². The molecule has 7 heteroatoms. The summed E-state index contributed by atoms with van der Waals surface area (Å²) in [5.74, 6) is -1.21. The highest BCUT2D eigenvalue weighted by Crippen LogP contribution is 2.25. The van der Waals surface area contributed by atoms with Crippen LogP contribution in [0.3, 0.4) is 0 Å². The number of nitrogens with zero attached hydrogens (tertiary/aromatic N) is 3. The van der Waals surface area contributed by atoms with Gasteiger partial charge >= 0.3 is 5.97 Å². The van der Waals surface area contributed by atoms with Crippen molar-refractivity contribution in [3.05, 3.63) is 33.7 Å². The molecule has 2 aromatic heterocycles. The number of piperidine rings is 1. The van der Waals surface area contributed by atoms with Gasteiger partial charge in [0.1, 0.15) is 5.69 Å². The maximum atomic E-state index is 12.9. The van der Waals surface area contributed by atoms with E-state index in [1.54, 1.807) is 4.90 Å². The third kappa shape index (κ3) is 2.85. The zero-order valence-corrected chi connectivity index (χ0v) is 14.6. The second-order valence-corrected chi connectivity index (χ2v) is 6.86. The number of aromatic nitrogens is 2. The molecule has 1 fully saturated rings. The molecule has 1 amide bonds. The number of carbonyl (C=O) groups excluding carboxylic acids is 1. The Morgan fingerprint density at radius 3 is 2.57 bits per heavy atom. The average Bonchev–Trinajstić information content (AvgIpc) is 2.83. The SMILES string of the molecule is Cc1cc(Br)c2nc(C)c(C(=O)N3CCC(C(=O)O)CC3)n2c1. The quantitative estimate of drug-likeness (QED) is 0.869. The van der Waals surface area contributed by atoms with Crippen molar-refractivity contribution in [3.63, 3.8) is 0 Å². The summed E-state index contributed by atoms with van der Waals surface area (Å²) in [4.78, 5) is 30.2. The smallest absolute Gasteiger partial charge is 0.306 e. The molecule has 1 N–H and O–H groups in total. The normalized spacial score (nSPS) is 16.0. The lowest BCUT2D eigenvalue weighted by Crippen LogP contribution is -2.40. The predicted octanol–water partition coefficient (Wildman–Crippen LogP) is 2.65. The molecule has 0 saturated carbocycles. The maximum absolute atomic E-state index is 12.9. The lowest BCUT2D eigenvalue weighted by atomic mass is 9.97. The van der Waals surface area contributed by atoms with Crippen LogP contribution in [-0.2, 0) is 4.79 Å². The topological polar surface area (TPSA) is 74.9 Å². The predicted molar refractivity (Wildman–Crippen MR) is 88.6 cm³/mol. The number of aryl methyl sites for hydroxylation is 2. The van der Waals surface area contributed by atoms with Crippen molar-refractivity contribution in [1.29, 1.82) is 0 Å². The van der Waals surface area contributed by atoms with E-state index in [2.05, 4.69) is 20.9 Å². The molecule has 0 bridgehead atoms. The third-order valence-corrected chi connectivity index (χ3v) is 4.90. The highest BCUT2D eigenvalue weighted by atomic mass is 79.9. The molecule has 23 heavy (non-hydrogen) atoms. The summed E-state index contributed by atoms with van der Waals surface area (Å²) in [5, 5.41) is 9.07. The number of hydrogen-bond acceptors (Lipinski definition) is 3. The Hall–Kier alpha value is -1.89. The fraction of sp³-hybridized carbons (Fsp3) is 0.438. The van der Waals surface area contributed by atoms with E-state index >= 15 is 0 Å². The monoisotopic (exact) mass is 379 g/mol. The number of halogens is 1. The molecule has 122 valence electrons. The van der Waals surface area contributed by atoms with E-state index in [1.807, 2.05) is 30.5 Å². The Morgan fingerprint density at radius 2 is 1.96 bits per heavy atom. The highest BCUT2D eigenvalue weighted by Gasteiger charge is 2.30. The van der Waals surface area contributed by atoms with Crippen LogP contribution in [-0.4, -0.2) is 44.4 Å². The molecule has 2 aromatic rings. The summed E-state index contributed by atoms with van der Waals surface area (Å²) in [7, 11) is 0. The number of fused-ring (bicyclic) bond motifs is 1. The molecule has 0 radical (unpaired) electrons. The summed E-state index contributed by atoms with van der Waals surface area (Å²) in [6.45, 7) is 4.73. The van der Waals surface area contributed by atoms with Gasteiger partial charge in [-0.2, -0.15) is 0 Å². The number of pyridine rings is 1. The lowest BCUT2D eigenvalue weighted by Gasteiger charge is -2.30. The van der Waals surface area contributed by atoms with Crippen molar-refractivity contribution in [2.24, 2.45) is 5.92 Å². The summed E-state index contributed by atoms with van der Waals surface area (Å²) in [6.07, 6.45) is 2.90. The molecule has 0 aromatic carbocycles. The van der Waals surface area contributed by atoms with Gasteiger partial charge in [-0.25, -0.2) is 4.98 Å². The van der Waals surface area contributed by atoms with Crippen LogP contribution < -0.4 is 0 Å². The first kappa shape index (κ1) is 16.0. The molecule has 1 aliphatic heterocycles. The molecule has 6 nitrogen and oxygen atoms in total. The third-order valence-electron chi connectivity index (χ3n) is 4.32. The summed E-state index contributed by atoms with van der Waals surface area (Å²) >= 11 is 3.49. The fourth-order valence-corrected chi connectivity index (χ4v) is 3.72. The number of imidazole rings is 1. The fourth-order valence-electron chi connectivity index (χ4n) is 3.08. The van der Waals surface area contributed by atoms with Crippen LogP contribution in [0, 0.1) is 19.8 Å². The van der Waals surface area contributed by atoms with Gasteiger partial charge < -0.3 is 10.0 Å². The molecule has 0 aliphatic carbocycles. The number of amides is 1. The molecule has 3 rings (SSSR count). The first-order valence-corrected chi connectivity index (χ1v) is 8.34. The van der Waals surface area contributed by atoms with Gasteiger partial charge in [-0.15, -0.1) is 0 Å². The van der Waals surface area contributed by atoms with Crippen LogP contribution in [0.5, 0.6) is 0 Å². The van der Waals surface area contributed by atoms with Gasteiger partial charge in [-0.05, 0) is 54.2 Å². The molecule has 0 atom stereocenters. The van der Waals surface area contributed by atoms with E-state index in [4.69, 9.17) is 5.11 Å². The van der Waals surface area contributed by atoms with E-state index < -0.39 is 5.97 Å². The number of hydrogen-bond donors (Lipinski definition) is 1. The van der Waals surface area contributed by atoms with Crippen LogP contribution in [0.1, 0.15) is 34.6 Å². The number of carbonyl (C=O) groups is 2. The van der Waals surface area contributed by atoms with Crippen molar-refractivity contribution < 1.29 is 14.7 Å². The molecule has 0 spiro atoms. The molecular weight excluding hydrogens is 362 g/mol. The Bertz CT molecular complexity index is 791. The number of aliphatic carboxylic acids is 1. The number of carboxylic acids is 1. The largest absolute Gasteiger partial charge is 0.481 e. The van der Waals surface area contributed by atoms with Crippen LogP contribution in [0.2, 0.25) is 0 Å². The second kappa shape index (κ2) is 5.96. The van der Waals surface area contributed by atoms with E-state index in [-0.39, 0.29) is 11.8 Å². The summed E-state index contributed by atoms with van der Waals surface area (Å²) < 4.78 is 2.67. The van der Waals surface area contributed by atoms with Crippen LogP contribution in [0.4, 0.5) is 0 Å².